The highest BCUT2D eigenvalue weighted by molar-refractivity contribution is 7.23. The minimum atomic E-state index is -0.345. The predicted octanol–water partition coefficient (Wildman–Crippen LogP) is 2.31. The highest BCUT2D eigenvalue weighted by Gasteiger charge is 2.12. The summed E-state index contributed by atoms with van der Waals surface area (Å²) in [4.78, 5) is 20.6. The first-order chi connectivity index (χ1) is 9.33. The minimum Gasteiger partial charge on any atom is -0.295 e. The van der Waals surface area contributed by atoms with Gasteiger partial charge in [-0.25, -0.2) is 4.98 Å². The topological polar surface area (TPSA) is 80.7 Å². The molecule has 0 bridgehead atoms. The zero-order valence-corrected chi connectivity index (χ0v) is 11.1. The molecule has 3 heterocycles. The molecule has 0 radical (unpaired) electrons. The smallest absolute Gasteiger partial charge is 0.277 e. The summed E-state index contributed by atoms with van der Waals surface area (Å²) in [5.74, 6) is -0.345. The number of carbonyl (C=O) groups is 1. The van der Waals surface area contributed by atoms with Crippen LogP contribution in [-0.2, 0) is 0 Å². The summed E-state index contributed by atoms with van der Waals surface area (Å²) < 4.78 is 0. The molecule has 0 saturated carbocycles. The van der Waals surface area contributed by atoms with Crippen molar-refractivity contribution in [3.63, 3.8) is 0 Å². The summed E-state index contributed by atoms with van der Waals surface area (Å²) in [5.41, 5.74) is 0.246. The van der Waals surface area contributed by atoms with Crippen molar-refractivity contribution in [2.45, 2.75) is 0 Å². The number of amides is 1. The molecular formula is C11H7N5OS2. The normalized spacial score (nSPS) is 10.3. The highest BCUT2D eigenvalue weighted by Crippen LogP contribution is 2.29. The maximum atomic E-state index is 11.8. The van der Waals surface area contributed by atoms with Gasteiger partial charge in [0.25, 0.3) is 5.91 Å². The van der Waals surface area contributed by atoms with Crippen LogP contribution in [0.5, 0.6) is 0 Å². The van der Waals surface area contributed by atoms with Crippen molar-refractivity contribution in [3.05, 3.63) is 41.8 Å². The Morgan fingerprint density at radius 1 is 1.26 bits per heavy atom. The van der Waals surface area contributed by atoms with Gasteiger partial charge in [-0.2, -0.15) is 0 Å². The van der Waals surface area contributed by atoms with E-state index in [9.17, 15) is 4.79 Å². The first-order valence-electron chi connectivity index (χ1n) is 5.27. The molecule has 0 atom stereocenters. The second-order valence-corrected chi connectivity index (χ2v) is 5.36. The fourth-order valence-electron chi connectivity index (χ4n) is 1.35. The van der Waals surface area contributed by atoms with E-state index in [1.54, 1.807) is 11.3 Å². The van der Waals surface area contributed by atoms with Crippen LogP contribution in [0.15, 0.2) is 36.1 Å². The van der Waals surface area contributed by atoms with Crippen LogP contribution in [0.3, 0.4) is 0 Å². The molecule has 6 nitrogen and oxygen atoms in total. The predicted molar refractivity (Wildman–Crippen MR) is 73.2 cm³/mol. The van der Waals surface area contributed by atoms with E-state index in [1.807, 2.05) is 17.5 Å². The third-order valence-electron chi connectivity index (χ3n) is 2.17. The second kappa shape index (κ2) is 5.21. The zero-order valence-electron chi connectivity index (χ0n) is 9.48. The lowest BCUT2D eigenvalue weighted by molar-refractivity contribution is 0.102. The van der Waals surface area contributed by atoms with Gasteiger partial charge in [-0.1, -0.05) is 17.4 Å². The van der Waals surface area contributed by atoms with E-state index >= 15 is 0 Å². The Morgan fingerprint density at radius 3 is 2.95 bits per heavy atom. The first-order valence-corrected chi connectivity index (χ1v) is 6.97. The largest absolute Gasteiger partial charge is 0.295 e. The minimum absolute atomic E-state index is 0.246. The Kier molecular flexibility index (Phi) is 3.25. The average molecular weight is 289 g/mol. The first kappa shape index (κ1) is 11.9. The van der Waals surface area contributed by atoms with Gasteiger partial charge < -0.3 is 0 Å². The molecule has 0 aromatic carbocycles. The summed E-state index contributed by atoms with van der Waals surface area (Å²) in [6.45, 7) is 0. The van der Waals surface area contributed by atoms with Crippen molar-refractivity contribution in [1.82, 2.24) is 20.2 Å². The third-order valence-corrected chi connectivity index (χ3v) is 4.05. The summed E-state index contributed by atoms with van der Waals surface area (Å²) in [6, 6.07) is 3.90. The van der Waals surface area contributed by atoms with Gasteiger partial charge in [0.15, 0.2) is 5.01 Å². The molecule has 8 heteroatoms. The van der Waals surface area contributed by atoms with Gasteiger partial charge in [0.2, 0.25) is 5.13 Å². The van der Waals surface area contributed by atoms with Crippen LogP contribution in [-0.4, -0.2) is 26.1 Å². The number of thiophene rings is 1. The van der Waals surface area contributed by atoms with Crippen LogP contribution in [0.2, 0.25) is 0 Å². The molecule has 1 N–H and O–H groups in total. The van der Waals surface area contributed by atoms with E-state index in [-0.39, 0.29) is 11.6 Å². The van der Waals surface area contributed by atoms with E-state index in [0.717, 1.165) is 9.88 Å². The molecule has 1 amide bonds. The van der Waals surface area contributed by atoms with Gasteiger partial charge in [0.05, 0.1) is 11.1 Å². The Morgan fingerprint density at radius 2 is 2.21 bits per heavy atom. The van der Waals surface area contributed by atoms with Gasteiger partial charge in [0.1, 0.15) is 5.69 Å². The number of aromatic nitrogens is 4. The maximum Gasteiger partial charge on any atom is 0.277 e. The molecule has 0 aliphatic rings. The molecule has 0 aliphatic carbocycles. The van der Waals surface area contributed by atoms with Crippen molar-refractivity contribution in [1.29, 1.82) is 0 Å². The van der Waals surface area contributed by atoms with E-state index < -0.39 is 0 Å². The molecule has 3 aromatic rings. The molecule has 0 spiro atoms. The molecule has 0 unspecified atom stereocenters. The van der Waals surface area contributed by atoms with Crippen LogP contribution in [0.4, 0.5) is 5.13 Å². The number of carbonyl (C=O) groups excluding carboxylic acids is 1. The summed E-state index contributed by atoms with van der Waals surface area (Å²) >= 11 is 2.90. The Labute approximate surface area is 116 Å². The summed E-state index contributed by atoms with van der Waals surface area (Å²) in [7, 11) is 0. The van der Waals surface area contributed by atoms with Crippen LogP contribution >= 0.6 is 22.7 Å². The van der Waals surface area contributed by atoms with E-state index in [1.165, 1.54) is 29.9 Å². The molecular weight excluding hydrogens is 282 g/mol. The van der Waals surface area contributed by atoms with Crippen LogP contribution in [0, 0.1) is 0 Å². The standard InChI is InChI=1S/C11H7N5OS2/c17-9(7-6-12-3-4-13-7)14-11-16-15-10(19-11)8-2-1-5-18-8/h1-6H,(H,14,16,17). The molecule has 3 aromatic heterocycles. The van der Waals surface area contributed by atoms with Gasteiger partial charge in [-0.05, 0) is 11.4 Å². The van der Waals surface area contributed by atoms with Gasteiger partial charge >= 0.3 is 0 Å². The van der Waals surface area contributed by atoms with Gasteiger partial charge in [-0.15, -0.1) is 21.5 Å². The molecule has 0 fully saturated rings. The van der Waals surface area contributed by atoms with E-state index in [4.69, 9.17) is 0 Å². The fourth-order valence-corrected chi connectivity index (χ4v) is 2.88. The zero-order chi connectivity index (χ0) is 13.1. The van der Waals surface area contributed by atoms with Gasteiger partial charge in [0, 0.05) is 12.4 Å². The van der Waals surface area contributed by atoms with Crippen LogP contribution < -0.4 is 5.32 Å². The molecule has 19 heavy (non-hydrogen) atoms. The molecule has 0 aliphatic heterocycles. The summed E-state index contributed by atoms with van der Waals surface area (Å²) in [6.07, 6.45) is 4.37. The van der Waals surface area contributed by atoms with Crippen molar-refractivity contribution in [3.8, 4) is 9.88 Å². The Balaban J connectivity index is 1.76. The quantitative estimate of drug-likeness (QED) is 0.800. The molecule has 94 valence electrons. The fraction of sp³-hybridized carbons (Fsp3) is 0. The van der Waals surface area contributed by atoms with Crippen molar-refractivity contribution in [2.75, 3.05) is 5.32 Å². The average Bonchev–Trinajstić information content (AvgIpc) is 3.10. The van der Waals surface area contributed by atoms with Crippen LogP contribution in [0.25, 0.3) is 9.88 Å². The van der Waals surface area contributed by atoms with E-state index in [0.29, 0.717) is 5.13 Å². The number of rotatable bonds is 3. The highest BCUT2D eigenvalue weighted by atomic mass is 32.1. The lowest BCUT2D eigenvalue weighted by Crippen LogP contribution is -2.13. The third kappa shape index (κ3) is 2.64. The Hall–Kier alpha value is -2.19. The number of anilines is 1. The number of nitrogens with zero attached hydrogens (tertiary/aromatic N) is 4. The SMILES string of the molecule is O=C(Nc1nnc(-c2cccs2)s1)c1cnccn1. The summed E-state index contributed by atoms with van der Waals surface area (Å²) in [5, 5.41) is 13.8. The monoisotopic (exact) mass is 289 g/mol. The Bertz CT molecular complexity index is 680. The van der Waals surface area contributed by atoms with Crippen LogP contribution in [0.1, 0.15) is 10.5 Å². The van der Waals surface area contributed by atoms with Gasteiger partial charge in [-0.3, -0.25) is 15.1 Å². The molecule has 0 saturated heterocycles. The molecule has 3 rings (SSSR count). The second-order valence-electron chi connectivity index (χ2n) is 3.43. The van der Waals surface area contributed by atoms with Crippen molar-refractivity contribution < 1.29 is 4.79 Å². The number of nitrogens with one attached hydrogen (secondary N) is 1. The lowest BCUT2D eigenvalue weighted by Gasteiger charge is -1.98. The number of hydrogen-bond donors (Lipinski definition) is 1. The lowest BCUT2D eigenvalue weighted by atomic mass is 10.4. The van der Waals surface area contributed by atoms with E-state index in [2.05, 4.69) is 25.5 Å². The van der Waals surface area contributed by atoms with Crippen molar-refractivity contribution >= 4 is 33.7 Å². The van der Waals surface area contributed by atoms with Crippen molar-refractivity contribution in [2.24, 2.45) is 0 Å². The number of hydrogen-bond acceptors (Lipinski definition) is 7. The maximum absolute atomic E-state index is 11.8.